The van der Waals surface area contributed by atoms with Gasteiger partial charge in [-0.2, -0.15) is 11.8 Å². The Labute approximate surface area is 157 Å². The van der Waals surface area contributed by atoms with Crippen LogP contribution in [0.15, 0.2) is 30.3 Å². The van der Waals surface area contributed by atoms with Crippen molar-refractivity contribution in [1.82, 2.24) is 5.32 Å². The van der Waals surface area contributed by atoms with E-state index in [9.17, 15) is 14.4 Å². The van der Waals surface area contributed by atoms with Gasteiger partial charge in [-0.1, -0.05) is 42.1 Å². The van der Waals surface area contributed by atoms with Crippen molar-refractivity contribution in [1.29, 1.82) is 0 Å². The van der Waals surface area contributed by atoms with Crippen molar-refractivity contribution < 1.29 is 19.1 Å². The third-order valence-electron chi connectivity index (χ3n) is 3.60. The summed E-state index contributed by atoms with van der Waals surface area (Å²) in [5.41, 5.74) is 1.02. The number of hydrogen-bond acceptors (Lipinski definition) is 6. The van der Waals surface area contributed by atoms with Crippen molar-refractivity contribution in [2.75, 3.05) is 24.9 Å². The number of benzene rings is 1. The Kier molecular flexibility index (Phi) is 10.3. The monoisotopic (exact) mass is 383 g/mol. The molecule has 1 amide bonds. The molecule has 1 aromatic carbocycles. The first-order valence-electron chi connectivity index (χ1n) is 8.02. The van der Waals surface area contributed by atoms with E-state index in [2.05, 4.69) is 5.32 Å². The lowest BCUT2D eigenvalue weighted by Crippen LogP contribution is -2.45. The van der Waals surface area contributed by atoms with Crippen molar-refractivity contribution >= 4 is 40.5 Å². The van der Waals surface area contributed by atoms with Crippen LogP contribution in [0.3, 0.4) is 0 Å². The van der Waals surface area contributed by atoms with Gasteiger partial charge in [0.15, 0.2) is 5.12 Å². The van der Waals surface area contributed by atoms with E-state index in [0.717, 1.165) is 23.1 Å². The maximum atomic E-state index is 12.7. The van der Waals surface area contributed by atoms with Gasteiger partial charge >= 0.3 is 5.97 Å². The molecule has 0 radical (unpaired) electrons. The van der Waals surface area contributed by atoms with Crippen LogP contribution in [-0.2, 0) is 25.5 Å². The zero-order valence-electron chi connectivity index (χ0n) is 14.8. The maximum absolute atomic E-state index is 12.7. The molecule has 1 N–H and O–H groups in total. The minimum absolute atomic E-state index is 0.0298. The highest BCUT2D eigenvalue weighted by Crippen LogP contribution is 2.16. The minimum atomic E-state index is -0.662. The highest BCUT2D eigenvalue weighted by molar-refractivity contribution is 8.13. The van der Waals surface area contributed by atoms with E-state index in [1.54, 1.807) is 11.8 Å². The summed E-state index contributed by atoms with van der Waals surface area (Å²) >= 11 is 2.73. The second kappa shape index (κ2) is 12.0. The lowest BCUT2D eigenvalue weighted by Gasteiger charge is -2.21. The molecular weight excluding hydrogens is 358 g/mol. The second-order valence-electron chi connectivity index (χ2n) is 5.56. The number of amides is 1. The molecule has 1 unspecified atom stereocenters. The van der Waals surface area contributed by atoms with Gasteiger partial charge in [-0.25, -0.2) is 4.79 Å². The smallest absolute Gasteiger partial charge is 0.328 e. The Morgan fingerprint density at radius 3 is 2.44 bits per heavy atom. The minimum Gasteiger partial charge on any atom is -0.467 e. The van der Waals surface area contributed by atoms with Gasteiger partial charge in [0.2, 0.25) is 5.91 Å². The average molecular weight is 384 g/mol. The largest absolute Gasteiger partial charge is 0.467 e. The molecule has 0 heterocycles. The number of thioether (sulfide) groups is 2. The molecule has 0 aliphatic rings. The van der Waals surface area contributed by atoms with E-state index in [1.165, 1.54) is 14.0 Å². The first-order chi connectivity index (χ1) is 12.0. The standard InChI is InChI=1S/C18H25NO4S2/c1-13(20)25-12-15(11-14-7-5-4-6-8-14)17(21)19-16(9-10-24-3)18(22)23-2/h4-8,15-16H,9-12H2,1-3H3,(H,19,21)/t15?,16-/m0/s1. The van der Waals surface area contributed by atoms with E-state index >= 15 is 0 Å². The van der Waals surface area contributed by atoms with E-state index < -0.39 is 17.9 Å². The second-order valence-corrected chi connectivity index (χ2v) is 7.74. The quantitative estimate of drug-likeness (QED) is 0.626. The van der Waals surface area contributed by atoms with Gasteiger partial charge in [0, 0.05) is 12.7 Å². The number of nitrogens with one attached hydrogen (secondary N) is 1. The van der Waals surface area contributed by atoms with Crippen molar-refractivity contribution in [3.63, 3.8) is 0 Å². The molecule has 0 aliphatic carbocycles. The van der Waals surface area contributed by atoms with Crippen molar-refractivity contribution in [3.8, 4) is 0 Å². The molecule has 5 nitrogen and oxygen atoms in total. The third kappa shape index (κ3) is 8.45. The number of rotatable bonds is 10. The fourth-order valence-corrected chi connectivity index (χ4v) is 3.44. The molecule has 0 aliphatic heterocycles. The molecule has 0 saturated heterocycles. The van der Waals surface area contributed by atoms with E-state index in [-0.39, 0.29) is 11.0 Å². The number of ether oxygens (including phenoxy) is 1. The molecule has 0 spiro atoms. The van der Waals surface area contributed by atoms with Gasteiger partial charge in [0.1, 0.15) is 6.04 Å². The Morgan fingerprint density at radius 2 is 1.88 bits per heavy atom. The summed E-state index contributed by atoms with van der Waals surface area (Å²) < 4.78 is 4.78. The molecule has 1 aromatic rings. The predicted molar refractivity (Wildman–Crippen MR) is 104 cm³/mol. The molecule has 0 saturated carbocycles. The SMILES string of the molecule is COC(=O)[C@H](CCSC)NC(=O)C(CSC(C)=O)Cc1ccccc1. The van der Waals surface area contributed by atoms with Crippen LogP contribution in [0.5, 0.6) is 0 Å². The van der Waals surface area contributed by atoms with E-state index in [4.69, 9.17) is 4.74 Å². The van der Waals surface area contributed by atoms with Crippen LogP contribution >= 0.6 is 23.5 Å². The van der Waals surface area contributed by atoms with Crippen LogP contribution in [0.2, 0.25) is 0 Å². The van der Waals surface area contributed by atoms with E-state index in [0.29, 0.717) is 18.6 Å². The molecule has 138 valence electrons. The number of carbonyl (C=O) groups is 3. The molecular formula is C18H25NO4S2. The Morgan fingerprint density at radius 1 is 1.20 bits per heavy atom. The Bertz CT molecular complexity index is 565. The summed E-state index contributed by atoms with van der Waals surface area (Å²) in [6, 6.07) is 8.98. The van der Waals surface area contributed by atoms with Gasteiger partial charge in [0.25, 0.3) is 0 Å². The number of esters is 1. The normalized spacial score (nSPS) is 12.9. The molecule has 0 bridgehead atoms. The van der Waals surface area contributed by atoms with Crippen LogP contribution in [-0.4, -0.2) is 47.9 Å². The summed E-state index contributed by atoms with van der Waals surface area (Å²) in [5.74, 6) is 0.0601. The summed E-state index contributed by atoms with van der Waals surface area (Å²) in [6.07, 6.45) is 2.97. The lowest BCUT2D eigenvalue weighted by atomic mass is 9.99. The highest BCUT2D eigenvalue weighted by atomic mass is 32.2. The van der Waals surface area contributed by atoms with Gasteiger partial charge in [0.05, 0.1) is 13.0 Å². The molecule has 0 fully saturated rings. The Hall–Kier alpha value is -1.47. The van der Waals surface area contributed by atoms with Gasteiger partial charge < -0.3 is 10.1 Å². The summed E-state index contributed by atoms with van der Waals surface area (Å²) in [7, 11) is 1.31. The summed E-state index contributed by atoms with van der Waals surface area (Å²) in [4.78, 5) is 35.9. The highest BCUT2D eigenvalue weighted by Gasteiger charge is 2.26. The van der Waals surface area contributed by atoms with Crippen LogP contribution in [0, 0.1) is 5.92 Å². The molecule has 25 heavy (non-hydrogen) atoms. The molecule has 1 rings (SSSR count). The van der Waals surface area contributed by atoms with Crippen LogP contribution in [0.1, 0.15) is 18.9 Å². The zero-order valence-corrected chi connectivity index (χ0v) is 16.5. The van der Waals surface area contributed by atoms with Crippen LogP contribution in [0.4, 0.5) is 0 Å². The number of carbonyl (C=O) groups excluding carboxylic acids is 3. The fraction of sp³-hybridized carbons (Fsp3) is 0.500. The van der Waals surface area contributed by atoms with Gasteiger partial charge in [-0.3, -0.25) is 9.59 Å². The first-order valence-corrected chi connectivity index (χ1v) is 10.4. The molecule has 7 heteroatoms. The lowest BCUT2D eigenvalue weighted by molar-refractivity contribution is -0.145. The molecule has 0 aromatic heterocycles. The van der Waals surface area contributed by atoms with E-state index in [1.807, 2.05) is 36.6 Å². The third-order valence-corrected chi connectivity index (χ3v) is 5.22. The first kappa shape index (κ1) is 21.6. The summed E-state index contributed by atoms with van der Waals surface area (Å²) in [5, 5.41) is 2.77. The average Bonchev–Trinajstić information content (AvgIpc) is 2.61. The van der Waals surface area contributed by atoms with Crippen LogP contribution < -0.4 is 5.32 Å². The van der Waals surface area contributed by atoms with Crippen LogP contribution in [0.25, 0.3) is 0 Å². The van der Waals surface area contributed by atoms with Gasteiger partial charge in [-0.05, 0) is 30.4 Å². The number of methoxy groups -OCH3 is 1. The maximum Gasteiger partial charge on any atom is 0.328 e. The predicted octanol–water partition coefficient (Wildman–Crippen LogP) is 2.54. The fourth-order valence-electron chi connectivity index (χ4n) is 2.26. The topological polar surface area (TPSA) is 72.5 Å². The zero-order chi connectivity index (χ0) is 18.7. The van der Waals surface area contributed by atoms with Crippen molar-refractivity contribution in [3.05, 3.63) is 35.9 Å². The van der Waals surface area contributed by atoms with Crippen molar-refractivity contribution in [2.45, 2.75) is 25.8 Å². The summed E-state index contributed by atoms with van der Waals surface area (Å²) in [6.45, 7) is 1.48. The van der Waals surface area contributed by atoms with Gasteiger partial charge in [-0.15, -0.1) is 0 Å². The molecule has 2 atom stereocenters. The Balaban J connectivity index is 2.81. The number of hydrogen-bond donors (Lipinski definition) is 1. The van der Waals surface area contributed by atoms with Crippen molar-refractivity contribution in [2.24, 2.45) is 5.92 Å².